The molecule has 3 aliphatic carbocycles. The number of benzene rings is 3. The molecule has 0 radical (unpaired) electrons. The molecule has 61 heavy (non-hydrogen) atoms. The summed E-state index contributed by atoms with van der Waals surface area (Å²) in [6.45, 7) is 18.2. The molecule has 4 aromatic rings. The van der Waals surface area contributed by atoms with E-state index in [2.05, 4.69) is 23.1 Å². The first-order valence-corrected chi connectivity index (χ1v) is 23.0. The number of aliphatic hydroxyl groups is 1. The second kappa shape index (κ2) is 16.3. The van der Waals surface area contributed by atoms with Gasteiger partial charge in [0.15, 0.2) is 31.2 Å². The predicted molar refractivity (Wildman–Crippen MR) is 225 cm³/mol. The standard InChI is InChI=1S/C46H50F3N3O8Si/c1-8-20-52(21-9-2)37-31-23-29-22-30-33(58-46(47,48)49)24-32(50)39(56-25-27-16-12-10-13-17-27)35(30)38(53)34(29)41(54)45(31,60-61(6,7)44(3,4)5)42(55)36-40(37)59-51-43(36)57-26-28-18-14-11-15-19-28/h8-19,24,29,31,37,54H,1-2,20-23,25-26,50H2,3-7H3/t29-,31-,37-,45-/m0/s1. The predicted octanol–water partition coefficient (Wildman–Crippen LogP) is 9.87. The molecular formula is C46H50F3N3O8Si. The molecule has 0 amide bonds. The van der Waals surface area contributed by atoms with Crippen LogP contribution in [0, 0.1) is 11.8 Å². The van der Waals surface area contributed by atoms with Crippen molar-refractivity contribution in [2.24, 2.45) is 11.8 Å². The number of hydrogen-bond acceptors (Lipinski definition) is 11. The molecule has 0 saturated carbocycles. The van der Waals surface area contributed by atoms with Gasteiger partial charge in [-0.15, -0.1) is 26.3 Å². The zero-order valence-corrected chi connectivity index (χ0v) is 35.8. The van der Waals surface area contributed by atoms with E-state index in [-0.39, 0.29) is 84.5 Å². The van der Waals surface area contributed by atoms with Crippen LogP contribution >= 0.6 is 0 Å². The first-order chi connectivity index (χ1) is 28.8. The van der Waals surface area contributed by atoms with Gasteiger partial charge in [-0.05, 0) is 53.2 Å². The number of halogens is 3. The average Bonchev–Trinajstić information content (AvgIpc) is 3.61. The Hall–Kier alpha value is -5.64. The SMILES string of the molecule is C=CCN(CC=C)[C@@H]1c2onc(OCc3ccccc3)c2C(=O)[C@@]2(O[Si](C)(C)C(C)(C)C)C(O)=C3C(=O)c4c(c(OC(F)(F)F)cc(N)c4OCc4ccccc4)C[C@H]3C[C@@H]12. The van der Waals surface area contributed by atoms with Crippen molar-refractivity contribution < 1.29 is 51.0 Å². The van der Waals surface area contributed by atoms with Crippen molar-refractivity contribution in [2.45, 2.75) is 83.0 Å². The zero-order valence-electron chi connectivity index (χ0n) is 34.8. The Morgan fingerprint density at radius 3 is 2.11 bits per heavy atom. The third kappa shape index (κ3) is 7.90. The van der Waals surface area contributed by atoms with Gasteiger partial charge in [0.05, 0.1) is 17.3 Å². The van der Waals surface area contributed by atoms with Crippen LogP contribution in [-0.2, 0) is 24.1 Å². The fourth-order valence-electron chi connectivity index (χ4n) is 8.56. The minimum Gasteiger partial charge on any atom is -0.508 e. The summed E-state index contributed by atoms with van der Waals surface area (Å²) >= 11 is 0. The van der Waals surface area contributed by atoms with E-state index in [0.29, 0.717) is 5.56 Å². The highest BCUT2D eigenvalue weighted by Gasteiger charge is 2.67. The smallest absolute Gasteiger partial charge is 0.508 e. The maximum Gasteiger partial charge on any atom is 0.573 e. The van der Waals surface area contributed by atoms with Gasteiger partial charge < -0.3 is 34.0 Å². The van der Waals surface area contributed by atoms with E-state index in [1.54, 1.807) is 36.4 Å². The minimum absolute atomic E-state index is 0.0171. The molecule has 0 fully saturated rings. The second-order valence-electron chi connectivity index (χ2n) is 17.2. The molecule has 1 aromatic heterocycles. The van der Waals surface area contributed by atoms with Crippen LogP contribution in [0.1, 0.15) is 76.4 Å². The topological polar surface area (TPSA) is 147 Å². The van der Waals surface area contributed by atoms with Crippen LogP contribution in [-0.4, -0.2) is 60.1 Å². The monoisotopic (exact) mass is 857 g/mol. The van der Waals surface area contributed by atoms with Crippen LogP contribution in [0.5, 0.6) is 17.4 Å². The van der Waals surface area contributed by atoms with E-state index in [0.717, 1.165) is 11.6 Å². The summed E-state index contributed by atoms with van der Waals surface area (Å²) in [5.74, 6) is -4.93. The number of nitrogens with two attached hydrogens (primary N) is 1. The maximum atomic E-state index is 15.7. The molecule has 0 saturated heterocycles. The normalized spacial score (nSPS) is 21.3. The highest BCUT2D eigenvalue weighted by atomic mass is 28.4. The summed E-state index contributed by atoms with van der Waals surface area (Å²) in [7, 11) is -3.11. The number of carbonyl (C=O) groups excluding carboxylic acids is 2. The Labute approximate surface area is 353 Å². The van der Waals surface area contributed by atoms with Gasteiger partial charge in [0.1, 0.15) is 30.3 Å². The largest absolute Gasteiger partial charge is 0.573 e. The number of carbonyl (C=O) groups is 2. The number of rotatable bonds is 14. The lowest BCUT2D eigenvalue weighted by Crippen LogP contribution is -2.65. The first kappa shape index (κ1) is 43.4. The molecule has 1 heterocycles. The number of anilines is 1. The summed E-state index contributed by atoms with van der Waals surface area (Å²) in [5, 5.41) is 16.8. The lowest BCUT2D eigenvalue weighted by Gasteiger charge is -2.55. The van der Waals surface area contributed by atoms with Crippen LogP contribution in [0.4, 0.5) is 18.9 Å². The highest BCUT2D eigenvalue weighted by molar-refractivity contribution is 6.74. The van der Waals surface area contributed by atoms with Crippen LogP contribution in [0.2, 0.25) is 18.1 Å². The molecule has 15 heteroatoms. The molecule has 3 N–H and O–H groups in total. The van der Waals surface area contributed by atoms with Crippen LogP contribution in [0.15, 0.2) is 108 Å². The maximum absolute atomic E-state index is 15.7. The van der Waals surface area contributed by atoms with Crippen molar-refractivity contribution in [3.8, 4) is 17.4 Å². The van der Waals surface area contributed by atoms with E-state index >= 15 is 9.59 Å². The number of ketones is 2. The van der Waals surface area contributed by atoms with E-state index in [4.69, 9.17) is 24.2 Å². The Balaban J connectivity index is 1.48. The third-order valence-electron chi connectivity index (χ3n) is 12.3. The molecule has 4 atom stereocenters. The van der Waals surface area contributed by atoms with Crippen molar-refractivity contribution in [1.82, 2.24) is 10.1 Å². The van der Waals surface area contributed by atoms with Gasteiger partial charge >= 0.3 is 6.36 Å². The number of aromatic nitrogens is 1. The number of alkyl halides is 3. The van der Waals surface area contributed by atoms with E-state index in [1.807, 2.05) is 75.2 Å². The summed E-state index contributed by atoms with van der Waals surface area (Å²) in [6, 6.07) is 18.3. The number of aliphatic hydroxyl groups excluding tert-OH is 1. The quantitative estimate of drug-likeness (QED) is 0.0710. The Bertz CT molecular complexity index is 2360. The third-order valence-corrected chi connectivity index (χ3v) is 16.7. The van der Waals surface area contributed by atoms with Crippen LogP contribution < -0.4 is 19.9 Å². The molecule has 0 bridgehead atoms. The van der Waals surface area contributed by atoms with Gasteiger partial charge in [-0.25, -0.2) is 0 Å². The molecule has 7 rings (SSSR count). The van der Waals surface area contributed by atoms with Gasteiger partial charge in [-0.3, -0.25) is 14.5 Å². The van der Waals surface area contributed by atoms with Crippen molar-refractivity contribution >= 4 is 25.6 Å². The van der Waals surface area contributed by atoms with Gasteiger partial charge in [0.2, 0.25) is 5.78 Å². The number of allylic oxidation sites excluding steroid dienone is 1. The van der Waals surface area contributed by atoms with Gasteiger partial charge in [-0.1, -0.05) is 93.6 Å². The van der Waals surface area contributed by atoms with Gasteiger partial charge in [0, 0.05) is 36.2 Å². The molecule has 0 spiro atoms. The van der Waals surface area contributed by atoms with E-state index in [1.165, 1.54) is 0 Å². The molecule has 3 aliphatic rings. The molecule has 11 nitrogen and oxygen atoms in total. The van der Waals surface area contributed by atoms with Crippen LogP contribution in [0.3, 0.4) is 0 Å². The Kier molecular flexibility index (Phi) is 11.6. The fraction of sp³-hybridized carbons (Fsp3) is 0.370. The van der Waals surface area contributed by atoms with Gasteiger partial charge in [-0.2, -0.15) is 0 Å². The van der Waals surface area contributed by atoms with Crippen molar-refractivity contribution in [3.63, 3.8) is 0 Å². The molecule has 0 aliphatic heterocycles. The number of ether oxygens (including phenoxy) is 3. The number of hydrogen-bond donors (Lipinski definition) is 2. The minimum atomic E-state index is -5.13. The van der Waals surface area contributed by atoms with Crippen molar-refractivity contribution in [3.05, 3.63) is 137 Å². The number of nitrogen functional groups attached to an aromatic ring is 1. The van der Waals surface area contributed by atoms with Crippen LogP contribution in [0.25, 0.3) is 0 Å². The summed E-state index contributed by atoms with van der Waals surface area (Å²) in [4.78, 5) is 32.9. The molecule has 322 valence electrons. The highest BCUT2D eigenvalue weighted by Crippen LogP contribution is 2.61. The number of fused-ring (bicyclic) bond motifs is 4. The molecule has 0 unspecified atom stereocenters. The van der Waals surface area contributed by atoms with E-state index < -0.39 is 66.3 Å². The van der Waals surface area contributed by atoms with Crippen molar-refractivity contribution in [1.29, 1.82) is 0 Å². The van der Waals surface area contributed by atoms with Crippen molar-refractivity contribution in [2.75, 3.05) is 18.8 Å². The fourth-order valence-corrected chi connectivity index (χ4v) is 10.0. The molecule has 3 aromatic carbocycles. The first-order valence-electron chi connectivity index (χ1n) is 20.1. The number of nitrogens with zero attached hydrogens (tertiary/aromatic N) is 2. The second-order valence-corrected chi connectivity index (χ2v) is 21.9. The summed E-state index contributed by atoms with van der Waals surface area (Å²) < 4.78 is 72.3. The summed E-state index contributed by atoms with van der Waals surface area (Å²) in [5.41, 5.74) is 4.75. The lowest BCUT2D eigenvalue weighted by atomic mass is 9.58. The number of Topliss-reactive ketones (excluding diaryl/α,β-unsaturated/α-hetero) is 2. The Morgan fingerprint density at radius 1 is 0.967 bits per heavy atom. The summed E-state index contributed by atoms with van der Waals surface area (Å²) in [6.07, 6.45) is -2.01. The van der Waals surface area contributed by atoms with E-state index in [9.17, 15) is 18.3 Å². The van der Waals surface area contributed by atoms with Gasteiger partial charge in [0.25, 0.3) is 5.88 Å². The average molecular weight is 858 g/mol. The lowest BCUT2D eigenvalue weighted by molar-refractivity contribution is -0.274. The Morgan fingerprint density at radius 2 is 1.56 bits per heavy atom. The zero-order chi connectivity index (χ0) is 44.1. The molecular weight excluding hydrogens is 808 g/mol.